The molecule has 0 aromatic rings. The van der Waals surface area contributed by atoms with Crippen molar-refractivity contribution in [3.8, 4) is 0 Å². The Morgan fingerprint density at radius 2 is 1.53 bits per heavy atom. The number of ether oxygens (including phenoxy) is 1. The molecule has 9 heteroatoms. The quantitative estimate of drug-likeness (QED) is 0.154. The van der Waals surface area contributed by atoms with E-state index in [1.165, 1.54) is 45.6 Å². The highest BCUT2D eigenvalue weighted by Crippen LogP contribution is 2.09. The van der Waals surface area contributed by atoms with E-state index in [-0.39, 0.29) is 31.4 Å². The molecule has 0 aromatic carbocycles. The number of carboxylic acids is 1. The molecule has 2 amide bonds. The molecule has 9 nitrogen and oxygen atoms in total. The van der Waals surface area contributed by atoms with E-state index in [2.05, 4.69) is 22.9 Å². The second-order valence-corrected chi connectivity index (χ2v) is 7.98. The number of carboxylic acid groups (broad SMARTS) is 1. The van der Waals surface area contributed by atoms with Gasteiger partial charge in [-0.2, -0.15) is 0 Å². The monoisotopic (exact) mass is 457 g/mol. The molecule has 0 aliphatic heterocycles. The Morgan fingerprint density at radius 1 is 0.875 bits per heavy atom. The average molecular weight is 458 g/mol. The zero-order chi connectivity index (χ0) is 24.0. The Morgan fingerprint density at radius 3 is 2.16 bits per heavy atom. The van der Waals surface area contributed by atoms with Crippen LogP contribution in [0.5, 0.6) is 0 Å². The van der Waals surface area contributed by atoms with Crippen LogP contribution in [-0.2, 0) is 23.9 Å². The smallest absolute Gasteiger partial charge is 0.319 e. The summed E-state index contributed by atoms with van der Waals surface area (Å²) in [6, 6.07) is -0.556. The van der Waals surface area contributed by atoms with Crippen LogP contribution >= 0.6 is 0 Å². The lowest BCUT2D eigenvalue weighted by Gasteiger charge is -2.17. The minimum Gasteiger partial charge on any atom is -0.481 e. The van der Waals surface area contributed by atoms with Crippen LogP contribution in [0.25, 0.3) is 0 Å². The number of unbranched alkanes of at least 4 members (excludes halogenated alkanes) is 8. The number of hydrogen-bond donors (Lipinski definition) is 4. The number of rotatable bonds is 21. The topological polar surface area (TPSA) is 134 Å². The van der Waals surface area contributed by atoms with Crippen molar-refractivity contribution in [3.63, 3.8) is 0 Å². The molecule has 32 heavy (non-hydrogen) atoms. The predicted molar refractivity (Wildman–Crippen MR) is 123 cm³/mol. The van der Waals surface area contributed by atoms with Gasteiger partial charge in [-0.05, 0) is 25.7 Å². The fraction of sp³-hybridized carbons (Fsp3) is 0.826. The Labute approximate surface area is 192 Å². The normalized spacial score (nSPS) is 11.6. The first-order valence-corrected chi connectivity index (χ1v) is 12.0. The van der Waals surface area contributed by atoms with Crippen LogP contribution in [0.1, 0.15) is 90.4 Å². The lowest BCUT2D eigenvalue weighted by molar-refractivity contribution is -0.145. The minimum absolute atomic E-state index is 0.0704. The number of carbonyl (C=O) groups is 4. The van der Waals surface area contributed by atoms with Gasteiger partial charge in [-0.3, -0.25) is 24.5 Å². The van der Waals surface area contributed by atoms with Crippen molar-refractivity contribution in [2.24, 2.45) is 0 Å². The van der Waals surface area contributed by atoms with Gasteiger partial charge in [-0.1, -0.05) is 51.9 Å². The maximum absolute atomic E-state index is 12.0. The third-order valence-corrected chi connectivity index (χ3v) is 5.13. The summed E-state index contributed by atoms with van der Waals surface area (Å²) in [5, 5.41) is 16.8. The summed E-state index contributed by atoms with van der Waals surface area (Å²) in [5.74, 6) is -1.81. The summed E-state index contributed by atoms with van der Waals surface area (Å²) < 4.78 is 4.79. The van der Waals surface area contributed by atoms with Crippen molar-refractivity contribution in [1.82, 2.24) is 16.0 Å². The van der Waals surface area contributed by atoms with E-state index in [9.17, 15) is 19.2 Å². The number of nitrogens with one attached hydrogen (secondary N) is 3. The largest absolute Gasteiger partial charge is 0.481 e. The van der Waals surface area contributed by atoms with Gasteiger partial charge >= 0.3 is 11.9 Å². The first-order valence-electron chi connectivity index (χ1n) is 12.0. The van der Waals surface area contributed by atoms with Crippen molar-refractivity contribution in [1.29, 1.82) is 0 Å². The van der Waals surface area contributed by atoms with Gasteiger partial charge in [-0.25, -0.2) is 0 Å². The fourth-order valence-electron chi connectivity index (χ4n) is 3.22. The molecule has 0 heterocycles. The molecular weight excluding hydrogens is 414 g/mol. The summed E-state index contributed by atoms with van der Waals surface area (Å²) in [4.78, 5) is 45.9. The molecule has 0 spiro atoms. The molecule has 0 aliphatic rings. The number of amides is 2. The van der Waals surface area contributed by atoms with Crippen LogP contribution in [0, 0.1) is 0 Å². The number of carbonyl (C=O) groups excluding carboxylic acids is 3. The standard InChI is InChI=1S/C23H43N3O6/c1-3-4-5-6-7-8-9-10-14-20(27)25-16-12-11-13-19(23(31)24-2)26-18-22(30)32-17-15-21(28)29/h19,26H,3-18H2,1-2H3,(H,24,31)(H,25,27)(H,28,29). The van der Waals surface area contributed by atoms with E-state index in [4.69, 9.17) is 9.84 Å². The van der Waals surface area contributed by atoms with Gasteiger partial charge in [0.1, 0.15) is 6.61 Å². The van der Waals surface area contributed by atoms with Crippen molar-refractivity contribution < 1.29 is 29.0 Å². The molecule has 186 valence electrons. The van der Waals surface area contributed by atoms with Crippen molar-refractivity contribution in [3.05, 3.63) is 0 Å². The van der Waals surface area contributed by atoms with Gasteiger partial charge in [0, 0.05) is 20.0 Å². The Bertz CT molecular complexity index is 542. The zero-order valence-electron chi connectivity index (χ0n) is 19.9. The molecule has 0 aromatic heterocycles. The number of likely N-dealkylation sites (N-methyl/N-ethyl adjacent to an activating group) is 1. The van der Waals surface area contributed by atoms with Gasteiger partial charge < -0.3 is 20.5 Å². The van der Waals surface area contributed by atoms with E-state index in [0.29, 0.717) is 25.8 Å². The van der Waals surface area contributed by atoms with Gasteiger partial charge in [0.05, 0.1) is 19.0 Å². The highest BCUT2D eigenvalue weighted by molar-refractivity contribution is 5.82. The SMILES string of the molecule is CCCCCCCCCCC(=O)NCCCCC(NCC(=O)OCCC(=O)O)C(=O)NC. The summed E-state index contributed by atoms with van der Waals surface area (Å²) in [5.41, 5.74) is 0. The first kappa shape index (κ1) is 29.8. The second-order valence-electron chi connectivity index (χ2n) is 7.98. The zero-order valence-corrected chi connectivity index (χ0v) is 19.9. The van der Waals surface area contributed by atoms with Gasteiger partial charge in [0.25, 0.3) is 0 Å². The molecule has 4 N–H and O–H groups in total. The van der Waals surface area contributed by atoms with Crippen LogP contribution in [0.3, 0.4) is 0 Å². The molecule has 0 radical (unpaired) electrons. The van der Waals surface area contributed by atoms with Crippen LogP contribution in [0.2, 0.25) is 0 Å². The van der Waals surface area contributed by atoms with Crippen molar-refractivity contribution in [2.75, 3.05) is 26.7 Å². The molecule has 1 unspecified atom stereocenters. The van der Waals surface area contributed by atoms with Crippen LogP contribution in [-0.4, -0.2) is 61.6 Å². The fourth-order valence-corrected chi connectivity index (χ4v) is 3.22. The van der Waals surface area contributed by atoms with Crippen LogP contribution in [0.15, 0.2) is 0 Å². The van der Waals surface area contributed by atoms with Crippen LogP contribution in [0.4, 0.5) is 0 Å². The summed E-state index contributed by atoms with van der Waals surface area (Å²) in [6.07, 6.45) is 11.9. The molecule has 0 saturated heterocycles. The lowest BCUT2D eigenvalue weighted by Crippen LogP contribution is -2.45. The second kappa shape index (κ2) is 20.7. The third-order valence-electron chi connectivity index (χ3n) is 5.13. The number of esters is 1. The molecule has 0 rings (SSSR count). The van der Waals surface area contributed by atoms with E-state index in [0.717, 1.165) is 19.3 Å². The van der Waals surface area contributed by atoms with Gasteiger partial charge in [-0.15, -0.1) is 0 Å². The molecule has 0 fully saturated rings. The van der Waals surface area contributed by atoms with Gasteiger partial charge in [0.2, 0.25) is 11.8 Å². The third kappa shape index (κ3) is 18.6. The Hall–Kier alpha value is -2.16. The van der Waals surface area contributed by atoms with Crippen LogP contribution < -0.4 is 16.0 Å². The molecule has 1 atom stereocenters. The number of hydrogen-bond acceptors (Lipinski definition) is 6. The van der Waals surface area contributed by atoms with E-state index < -0.39 is 18.0 Å². The minimum atomic E-state index is -1.04. The maximum atomic E-state index is 12.0. The van der Waals surface area contributed by atoms with Crippen molar-refractivity contribution in [2.45, 2.75) is 96.4 Å². The summed E-state index contributed by atoms with van der Waals surface area (Å²) in [7, 11) is 1.52. The summed E-state index contributed by atoms with van der Waals surface area (Å²) in [6.45, 7) is 2.41. The van der Waals surface area contributed by atoms with E-state index in [1.807, 2.05) is 0 Å². The van der Waals surface area contributed by atoms with E-state index >= 15 is 0 Å². The van der Waals surface area contributed by atoms with Crippen molar-refractivity contribution >= 4 is 23.8 Å². The summed E-state index contributed by atoms with van der Waals surface area (Å²) >= 11 is 0. The lowest BCUT2D eigenvalue weighted by atomic mass is 10.1. The maximum Gasteiger partial charge on any atom is 0.319 e. The van der Waals surface area contributed by atoms with Gasteiger partial charge in [0.15, 0.2) is 0 Å². The molecular formula is C23H43N3O6. The predicted octanol–water partition coefficient (Wildman–Crippen LogP) is 2.53. The average Bonchev–Trinajstić information content (AvgIpc) is 2.76. The highest BCUT2D eigenvalue weighted by Gasteiger charge is 2.18. The highest BCUT2D eigenvalue weighted by atomic mass is 16.5. The Balaban J connectivity index is 3.85. The molecule has 0 bridgehead atoms. The Kier molecular flexibility index (Phi) is 19.3. The van der Waals surface area contributed by atoms with E-state index in [1.54, 1.807) is 0 Å². The molecule has 0 aliphatic carbocycles. The first-order chi connectivity index (χ1) is 15.4. The molecule has 0 saturated carbocycles. The number of aliphatic carboxylic acids is 1.